The molecule has 1 aromatic rings. The molecule has 1 saturated heterocycles. The maximum absolute atomic E-state index is 12.4. The van der Waals surface area contributed by atoms with Crippen molar-refractivity contribution in [3.8, 4) is 5.75 Å². The van der Waals surface area contributed by atoms with Gasteiger partial charge in [0.15, 0.2) is 9.84 Å². The van der Waals surface area contributed by atoms with Crippen LogP contribution in [0.4, 0.5) is 0 Å². The average molecular weight is 318 g/mol. The van der Waals surface area contributed by atoms with Gasteiger partial charge >= 0.3 is 0 Å². The van der Waals surface area contributed by atoms with Gasteiger partial charge in [0.05, 0.1) is 12.9 Å². The molecule has 0 saturated carbocycles. The molecule has 0 aromatic heterocycles. The third-order valence-corrected chi connectivity index (χ3v) is 5.60. The Morgan fingerprint density at radius 3 is 2.65 bits per heavy atom. The molecule has 0 unspecified atom stereocenters. The van der Waals surface area contributed by atoms with Gasteiger partial charge < -0.3 is 9.64 Å². The second-order valence-corrected chi connectivity index (χ2v) is 7.53. The molecular weight excluding hydrogens is 298 g/mol. The molecule has 0 N–H and O–H groups in total. The van der Waals surface area contributed by atoms with Crippen molar-refractivity contribution in [3.63, 3.8) is 0 Å². The maximum Gasteiger partial charge on any atom is 0.182 e. The van der Waals surface area contributed by atoms with Crippen LogP contribution >= 0.6 is 11.6 Å². The first-order chi connectivity index (χ1) is 9.53. The van der Waals surface area contributed by atoms with E-state index in [1.165, 1.54) is 26.0 Å². The van der Waals surface area contributed by atoms with E-state index >= 15 is 0 Å². The van der Waals surface area contributed by atoms with E-state index in [-0.39, 0.29) is 10.6 Å². The van der Waals surface area contributed by atoms with Crippen LogP contribution in [0.15, 0.2) is 23.1 Å². The Morgan fingerprint density at radius 2 is 2.00 bits per heavy atom. The predicted molar refractivity (Wildman–Crippen MR) is 80.3 cm³/mol. The minimum atomic E-state index is -3.35. The standard InChI is InChI=1S/C14H20ClNO3S/c1-19-13-6-5-12(15)11-14(13)20(17,18)10-4-9-16-7-2-3-8-16/h5-6,11H,2-4,7-10H2,1H3. The summed E-state index contributed by atoms with van der Waals surface area (Å²) in [6, 6.07) is 4.69. The molecule has 1 aromatic carbocycles. The van der Waals surface area contributed by atoms with Crippen molar-refractivity contribution in [3.05, 3.63) is 23.2 Å². The van der Waals surface area contributed by atoms with Gasteiger partial charge in [0.2, 0.25) is 0 Å². The molecule has 0 aliphatic carbocycles. The quantitative estimate of drug-likeness (QED) is 0.809. The summed E-state index contributed by atoms with van der Waals surface area (Å²) in [6.07, 6.45) is 3.07. The number of hydrogen-bond acceptors (Lipinski definition) is 4. The first-order valence-electron chi connectivity index (χ1n) is 6.81. The zero-order valence-electron chi connectivity index (χ0n) is 11.6. The second-order valence-electron chi connectivity index (χ2n) is 5.02. The number of likely N-dealkylation sites (tertiary alicyclic amines) is 1. The Balaban J connectivity index is 2.03. The van der Waals surface area contributed by atoms with Gasteiger partial charge in [0.25, 0.3) is 0 Å². The fourth-order valence-electron chi connectivity index (χ4n) is 2.49. The lowest BCUT2D eigenvalue weighted by atomic mass is 10.3. The largest absolute Gasteiger partial charge is 0.495 e. The number of hydrogen-bond donors (Lipinski definition) is 0. The van der Waals surface area contributed by atoms with E-state index in [2.05, 4.69) is 4.90 Å². The molecule has 2 rings (SSSR count). The third kappa shape index (κ3) is 3.87. The summed E-state index contributed by atoms with van der Waals surface area (Å²) in [5.74, 6) is 0.482. The van der Waals surface area contributed by atoms with Crippen LogP contribution < -0.4 is 4.74 Å². The van der Waals surface area contributed by atoms with Crippen LogP contribution in [0.2, 0.25) is 5.02 Å². The van der Waals surface area contributed by atoms with E-state index in [0.717, 1.165) is 19.6 Å². The number of ether oxygens (including phenoxy) is 1. The van der Waals surface area contributed by atoms with Gasteiger partial charge in [-0.25, -0.2) is 8.42 Å². The zero-order chi connectivity index (χ0) is 14.6. The van der Waals surface area contributed by atoms with Crippen molar-refractivity contribution in [1.29, 1.82) is 0 Å². The van der Waals surface area contributed by atoms with E-state index in [0.29, 0.717) is 17.2 Å². The first-order valence-corrected chi connectivity index (χ1v) is 8.84. The highest BCUT2D eigenvalue weighted by atomic mass is 35.5. The highest BCUT2D eigenvalue weighted by Crippen LogP contribution is 2.28. The first kappa shape index (κ1) is 15.6. The average Bonchev–Trinajstić information content (AvgIpc) is 2.91. The number of rotatable bonds is 6. The maximum atomic E-state index is 12.4. The normalized spacial score (nSPS) is 16.5. The smallest absolute Gasteiger partial charge is 0.182 e. The predicted octanol–water partition coefficient (Wildman–Crippen LogP) is 2.61. The Hall–Kier alpha value is -0.780. The number of halogens is 1. The van der Waals surface area contributed by atoms with Crippen LogP contribution in [0.1, 0.15) is 19.3 Å². The van der Waals surface area contributed by atoms with Gasteiger partial charge in [-0.05, 0) is 57.1 Å². The van der Waals surface area contributed by atoms with Crippen LogP contribution in [-0.2, 0) is 9.84 Å². The minimum absolute atomic E-state index is 0.125. The van der Waals surface area contributed by atoms with Crippen LogP contribution in [0, 0.1) is 0 Å². The van der Waals surface area contributed by atoms with Gasteiger partial charge in [0, 0.05) is 5.02 Å². The monoisotopic (exact) mass is 317 g/mol. The van der Waals surface area contributed by atoms with E-state index in [9.17, 15) is 8.42 Å². The molecule has 4 nitrogen and oxygen atoms in total. The number of sulfone groups is 1. The summed E-state index contributed by atoms with van der Waals surface area (Å²) in [5.41, 5.74) is 0. The lowest BCUT2D eigenvalue weighted by molar-refractivity contribution is 0.340. The highest BCUT2D eigenvalue weighted by Gasteiger charge is 2.21. The van der Waals surface area contributed by atoms with E-state index in [1.54, 1.807) is 12.1 Å². The van der Waals surface area contributed by atoms with Crippen molar-refractivity contribution < 1.29 is 13.2 Å². The minimum Gasteiger partial charge on any atom is -0.495 e. The summed E-state index contributed by atoms with van der Waals surface area (Å²) < 4.78 is 29.9. The van der Waals surface area contributed by atoms with Crippen molar-refractivity contribution in [2.45, 2.75) is 24.2 Å². The number of benzene rings is 1. The summed E-state index contributed by atoms with van der Waals surface area (Å²) in [6.45, 7) is 3.00. The van der Waals surface area contributed by atoms with Crippen molar-refractivity contribution in [2.75, 3.05) is 32.5 Å². The fraction of sp³-hybridized carbons (Fsp3) is 0.571. The fourth-order valence-corrected chi connectivity index (χ4v) is 4.22. The Labute approximate surface area is 125 Å². The molecule has 0 amide bonds. The summed E-state index contributed by atoms with van der Waals surface area (Å²) in [5, 5.41) is 0.406. The molecule has 1 heterocycles. The van der Waals surface area contributed by atoms with Crippen LogP contribution in [0.5, 0.6) is 5.75 Å². The highest BCUT2D eigenvalue weighted by molar-refractivity contribution is 7.91. The Bertz CT molecular complexity index is 554. The molecule has 0 spiro atoms. The lowest BCUT2D eigenvalue weighted by Crippen LogP contribution is -2.22. The Kier molecular flexibility index (Phi) is 5.29. The molecule has 6 heteroatoms. The number of nitrogens with zero attached hydrogens (tertiary/aromatic N) is 1. The molecule has 0 radical (unpaired) electrons. The van der Waals surface area contributed by atoms with E-state index < -0.39 is 9.84 Å². The molecule has 112 valence electrons. The SMILES string of the molecule is COc1ccc(Cl)cc1S(=O)(=O)CCCN1CCCC1. The molecule has 20 heavy (non-hydrogen) atoms. The van der Waals surface area contributed by atoms with Crippen LogP contribution in [0.3, 0.4) is 0 Å². The molecule has 0 atom stereocenters. The van der Waals surface area contributed by atoms with Gasteiger partial charge in [-0.1, -0.05) is 11.6 Å². The lowest BCUT2D eigenvalue weighted by Gasteiger charge is -2.15. The van der Waals surface area contributed by atoms with Crippen molar-refractivity contribution >= 4 is 21.4 Å². The summed E-state index contributed by atoms with van der Waals surface area (Å²) in [7, 11) is -1.89. The zero-order valence-corrected chi connectivity index (χ0v) is 13.2. The molecule has 1 aliphatic rings. The Morgan fingerprint density at radius 1 is 1.30 bits per heavy atom. The van der Waals surface area contributed by atoms with Gasteiger partial charge in [-0.15, -0.1) is 0 Å². The van der Waals surface area contributed by atoms with Gasteiger partial charge in [-0.2, -0.15) is 0 Å². The summed E-state index contributed by atoms with van der Waals surface area (Å²) >= 11 is 5.89. The van der Waals surface area contributed by atoms with E-state index in [1.807, 2.05) is 0 Å². The van der Waals surface area contributed by atoms with Gasteiger partial charge in [-0.3, -0.25) is 0 Å². The van der Waals surface area contributed by atoms with Crippen molar-refractivity contribution in [1.82, 2.24) is 4.90 Å². The second kappa shape index (κ2) is 6.78. The van der Waals surface area contributed by atoms with Crippen molar-refractivity contribution in [2.24, 2.45) is 0 Å². The van der Waals surface area contributed by atoms with Crippen LogP contribution in [-0.4, -0.2) is 45.8 Å². The molecule has 1 fully saturated rings. The van der Waals surface area contributed by atoms with Gasteiger partial charge in [0.1, 0.15) is 10.6 Å². The molecular formula is C14H20ClNO3S. The third-order valence-electron chi connectivity index (χ3n) is 3.55. The molecule has 0 bridgehead atoms. The summed E-state index contributed by atoms with van der Waals surface area (Å²) in [4.78, 5) is 2.50. The van der Waals surface area contributed by atoms with Crippen LogP contribution in [0.25, 0.3) is 0 Å². The number of methoxy groups -OCH3 is 1. The van der Waals surface area contributed by atoms with E-state index in [4.69, 9.17) is 16.3 Å². The topological polar surface area (TPSA) is 46.6 Å². The molecule has 1 aliphatic heterocycles.